The predicted octanol–water partition coefficient (Wildman–Crippen LogP) is 5.07. The highest BCUT2D eigenvalue weighted by Crippen LogP contribution is 2.37. The van der Waals surface area contributed by atoms with Gasteiger partial charge in [0.25, 0.3) is 0 Å². The van der Waals surface area contributed by atoms with Crippen molar-refractivity contribution in [3.8, 4) is 11.5 Å². The molecule has 0 heterocycles. The fourth-order valence-electron chi connectivity index (χ4n) is 2.68. The maximum atomic E-state index is 9.35. The van der Waals surface area contributed by atoms with E-state index in [1.165, 1.54) is 10.8 Å². The van der Waals surface area contributed by atoms with Crippen LogP contribution in [0.2, 0.25) is 0 Å². The Labute approximate surface area is 150 Å². The van der Waals surface area contributed by atoms with Crippen LogP contribution in [0.1, 0.15) is 18.1 Å². The molecule has 124 valence electrons. The monoisotopic (exact) mass is 386 g/mol. The maximum absolute atomic E-state index is 9.35. The third-order valence-corrected chi connectivity index (χ3v) is 4.39. The molecule has 24 heavy (non-hydrogen) atoms. The second kappa shape index (κ2) is 7.69. The first kappa shape index (κ1) is 16.8. The summed E-state index contributed by atoms with van der Waals surface area (Å²) in [4.78, 5) is 0. The van der Waals surface area contributed by atoms with E-state index in [2.05, 4.69) is 40.2 Å². The highest BCUT2D eigenvalue weighted by atomic mass is 79.9. The summed E-state index contributed by atoms with van der Waals surface area (Å²) in [7, 11) is 0. The summed E-state index contributed by atoms with van der Waals surface area (Å²) in [5, 5.41) is 11.7. The van der Waals surface area contributed by atoms with Gasteiger partial charge in [-0.05, 0) is 56.9 Å². The standard InChI is InChI=1S/C20H19BrO3/c1-2-23-19-11-14(12-22)10-18(21)20(19)24-13-16-8-5-7-15-6-3-4-9-17(15)16/h3-11,22H,2,12-13H2,1H3. The van der Waals surface area contributed by atoms with Gasteiger partial charge in [0.05, 0.1) is 17.7 Å². The number of rotatable bonds is 6. The Hall–Kier alpha value is -2.04. The van der Waals surface area contributed by atoms with E-state index in [0.717, 1.165) is 15.6 Å². The molecule has 0 fully saturated rings. The number of benzene rings is 3. The first-order valence-electron chi connectivity index (χ1n) is 7.88. The van der Waals surface area contributed by atoms with Gasteiger partial charge in [-0.2, -0.15) is 0 Å². The highest BCUT2D eigenvalue weighted by molar-refractivity contribution is 9.10. The lowest BCUT2D eigenvalue weighted by Gasteiger charge is -2.16. The molecule has 0 amide bonds. The summed E-state index contributed by atoms with van der Waals surface area (Å²) in [6, 6.07) is 18.1. The molecule has 4 heteroatoms. The van der Waals surface area contributed by atoms with Gasteiger partial charge in [-0.1, -0.05) is 42.5 Å². The van der Waals surface area contributed by atoms with Crippen LogP contribution in [0.25, 0.3) is 10.8 Å². The molecular weight excluding hydrogens is 368 g/mol. The van der Waals surface area contributed by atoms with Crippen LogP contribution in [-0.2, 0) is 13.2 Å². The van der Waals surface area contributed by atoms with Gasteiger partial charge in [0, 0.05) is 0 Å². The number of hydrogen-bond donors (Lipinski definition) is 1. The predicted molar refractivity (Wildman–Crippen MR) is 99.5 cm³/mol. The first-order valence-corrected chi connectivity index (χ1v) is 8.67. The van der Waals surface area contributed by atoms with Crippen molar-refractivity contribution in [2.45, 2.75) is 20.1 Å². The molecule has 0 radical (unpaired) electrons. The third-order valence-electron chi connectivity index (χ3n) is 3.80. The molecule has 0 aliphatic heterocycles. The Morgan fingerprint density at radius 2 is 1.79 bits per heavy atom. The molecule has 3 nitrogen and oxygen atoms in total. The van der Waals surface area contributed by atoms with Crippen molar-refractivity contribution in [3.63, 3.8) is 0 Å². The zero-order chi connectivity index (χ0) is 16.9. The Balaban J connectivity index is 1.91. The molecule has 0 aliphatic rings. The molecule has 0 spiro atoms. The van der Waals surface area contributed by atoms with Crippen molar-refractivity contribution in [2.75, 3.05) is 6.61 Å². The average Bonchev–Trinajstić information content (AvgIpc) is 2.61. The van der Waals surface area contributed by atoms with E-state index in [9.17, 15) is 5.11 Å². The van der Waals surface area contributed by atoms with E-state index in [1.807, 2.05) is 37.3 Å². The first-order chi connectivity index (χ1) is 11.7. The molecule has 0 aromatic heterocycles. The van der Waals surface area contributed by atoms with Crippen LogP contribution in [0, 0.1) is 0 Å². The minimum absolute atomic E-state index is 0.0394. The van der Waals surface area contributed by atoms with Crippen molar-refractivity contribution in [3.05, 3.63) is 70.2 Å². The minimum atomic E-state index is -0.0394. The van der Waals surface area contributed by atoms with Gasteiger partial charge in [0.15, 0.2) is 11.5 Å². The fourth-order valence-corrected chi connectivity index (χ4v) is 3.29. The van der Waals surface area contributed by atoms with E-state index in [-0.39, 0.29) is 6.61 Å². The average molecular weight is 387 g/mol. The van der Waals surface area contributed by atoms with Gasteiger partial charge in [-0.15, -0.1) is 0 Å². The van der Waals surface area contributed by atoms with Crippen LogP contribution in [0.15, 0.2) is 59.1 Å². The number of fused-ring (bicyclic) bond motifs is 1. The lowest BCUT2D eigenvalue weighted by molar-refractivity contribution is 0.263. The van der Waals surface area contributed by atoms with Crippen molar-refractivity contribution in [2.24, 2.45) is 0 Å². The van der Waals surface area contributed by atoms with Crippen LogP contribution in [0.3, 0.4) is 0 Å². The van der Waals surface area contributed by atoms with Gasteiger partial charge >= 0.3 is 0 Å². The van der Waals surface area contributed by atoms with Crippen LogP contribution in [0.5, 0.6) is 11.5 Å². The lowest BCUT2D eigenvalue weighted by atomic mass is 10.1. The number of hydrogen-bond acceptors (Lipinski definition) is 3. The van der Waals surface area contributed by atoms with E-state index in [0.29, 0.717) is 24.7 Å². The van der Waals surface area contributed by atoms with Crippen molar-refractivity contribution >= 4 is 26.7 Å². The summed E-state index contributed by atoms with van der Waals surface area (Å²) in [6.07, 6.45) is 0. The number of aliphatic hydroxyl groups excluding tert-OH is 1. The van der Waals surface area contributed by atoms with Crippen molar-refractivity contribution in [1.29, 1.82) is 0 Å². The molecule has 0 unspecified atom stereocenters. The minimum Gasteiger partial charge on any atom is -0.490 e. The topological polar surface area (TPSA) is 38.7 Å². The summed E-state index contributed by atoms with van der Waals surface area (Å²) in [5.74, 6) is 1.29. The second-order valence-corrected chi connectivity index (χ2v) is 6.28. The van der Waals surface area contributed by atoms with Crippen LogP contribution in [0.4, 0.5) is 0 Å². The maximum Gasteiger partial charge on any atom is 0.175 e. The lowest BCUT2D eigenvalue weighted by Crippen LogP contribution is -2.02. The zero-order valence-electron chi connectivity index (χ0n) is 13.5. The van der Waals surface area contributed by atoms with E-state index < -0.39 is 0 Å². The molecule has 0 atom stereocenters. The van der Waals surface area contributed by atoms with Crippen LogP contribution in [-0.4, -0.2) is 11.7 Å². The number of ether oxygens (including phenoxy) is 2. The molecule has 3 rings (SSSR count). The largest absolute Gasteiger partial charge is 0.490 e. The van der Waals surface area contributed by atoms with Gasteiger partial charge in [0.1, 0.15) is 6.61 Å². The SMILES string of the molecule is CCOc1cc(CO)cc(Br)c1OCc1cccc2ccccc12. The highest BCUT2D eigenvalue weighted by Gasteiger charge is 2.13. The molecular formula is C20H19BrO3. The van der Waals surface area contributed by atoms with E-state index in [1.54, 1.807) is 0 Å². The molecule has 0 aliphatic carbocycles. The Bertz CT molecular complexity index is 840. The Morgan fingerprint density at radius 1 is 1.00 bits per heavy atom. The number of aliphatic hydroxyl groups is 1. The molecule has 0 saturated heterocycles. The van der Waals surface area contributed by atoms with Crippen LogP contribution < -0.4 is 9.47 Å². The van der Waals surface area contributed by atoms with E-state index in [4.69, 9.17) is 9.47 Å². The van der Waals surface area contributed by atoms with Crippen LogP contribution >= 0.6 is 15.9 Å². The molecule has 0 bridgehead atoms. The second-order valence-electron chi connectivity index (χ2n) is 5.42. The molecule has 3 aromatic rings. The molecule has 0 saturated carbocycles. The normalized spacial score (nSPS) is 10.8. The zero-order valence-corrected chi connectivity index (χ0v) is 15.0. The quantitative estimate of drug-likeness (QED) is 0.642. The fraction of sp³-hybridized carbons (Fsp3) is 0.200. The number of halogens is 1. The third kappa shape index (κ3) is 3.55. The van der Waals surface area contributed by atoms with Crippen molar-refractivity contribution < 1.29 is 14.6 Å². The summed E-state index contributed by atoms with van der Waals surface area (Å²) < 4.78 is 12.5. The van der Waals surface area contributed by atoms with Gasteiger partial charge in [0.2, 0.25) is 0 Å². The summed E-state index contributed by atoms with van der Waals surface area (Å²) in [6.45, 7) is 2.86. The van der Waals surface area contributed by atoms with Gasteiger partial charge < -0.3 is 14.6 Å². The van der Waals surface area contributed by atoms with Crippen molar-refractivity contribution in [1.82, 2.24) is 0 Å². The van der Waals surface area contributed by atoms with Gasteiger partial charge in [-0.3, -0.25) is 0 Å². The molecule has 1 N–H and O–H groups in total. The molecule has 3 aromatic carbocycles. The van der Waals surface area contributed by atoms with E-state index >= 15 is 0 Å². The Morgan fingerprint density at radius 3 is 2.58 bits per heavy atom. The Kier molecular flexibility index (Phi) is 5.38. The smallest absolute Gasteiger partial charge is 0.175 e. The van der Waals surface area contributed by atoms with Gasteiger partial charge in [-0.25, -0.2) is 0 Å². The summed E-state index contributed by atoms with van der Waals surface area (Å²) in [5.41, 5.74) is 1.90. The summed E-state index contributed by atoms with van der Waals surface area (Å²) >= 11 is 3.52.